The van der Waals surface area contributed by atoms with Crippen molar-refractivity contribution in [2.24, 2.45) is 16.9 Å². The first kappa shape index (κ1) is 7.60. The van der Waals surface area contributed by atoms with Crippen LogP contribution in [0.2, 0.25) is 0 Å². The minimum Gasteiger partial charge on any atom is -0.296 e. The molecule has 0 spiro atoms. The van der Waals surface area contributed by atoms with Crippen molar-refractivity contribution in [2.45, 2.75) is 32.2 Å². The van der Waals surface area contributed by atoms with Gasteiger partial charge in [0.25, 0.3) is 0 Å². The minimum absolute atomic E-state index is 0.691. The van der Waals surface area contributed by atoms with Gasteiger partial charge in [0.1, 0.15) is 0 Å². The SMILES string of the molecule is CC1=NN(C)C(C2C3=CCCC32)C1. The third-order valence-corrected chi connectivity index (χ3v) is 3.72. The average molecular weight is 176 g/mol. The van der Waals surface area contributed by atoms with Crippen LogP contribution >= 0.6 is 0 Å². The fourth-order valence-corrected chi connectivity index (χ4v) is 3.10. The molecule has 0 N–H and O–H groups in total. The average Bonchev–Trinajstić information content (AvgIpc) is 2.47. The lowest BCUT2D eigenvalue weighted by molar-refractivity contribution is 0.251. The fourth-order valence-electron chi connectivity index (χ4n) is 3.10. The first-order valence-electron chi connectivity index (χ1n) is 5.24. The van der Waals surface area contributed by atoms with Gasteiger partial charge in [0.2, 0.25) is 0 Å². The number of hydrogen-bond acceptors (Lipinski definition) is 2. The summed E-state index contributed by atoms with van der Waals surface area (Å²) in [4.78, 5) is 0. The van der Waals surface area contributed by atoms with Crippen LogP contribution in [0, 0.1) is 11.8 Å². The maximum absolute atomic E-state index is 4.48. The fraction of sp³-hybridized carbons (Fsp3) is 0.727. The van der Waals surface area contributed by atoms with Crippen molar-refractivity contribution in [3.63, 3.8) is 0 Å². The standard InChI is InChI=1S/C11H16N2/c1-7-6-10(13(2)12-7)11-8-4-3-5-9(8)11/h4,9-11H,3,5-6H2,1-2H3. The molecule has 1 aliphatic heterocycles. The Bertz CT molecular complexity index is 303. The molecule has 3 rings (SSSR count). The Balaban J connectivity index is 1.76. The summed E-state index contributed by atoms with van der Waals surface area (Å²) in [6.07, 6.45) is 6.38. The first-order valence-corrected chi connectivity index (χ1v) is 5.24. The predicted molar refractivity (Wildman–Crippen MR) is 53.6 cm³/mol. The van der Waals surface area contributed by atoms with Gasteiger partial charge in [-0.1, -0.05) is 11.6 Å². The maximum atomic E-state index is 4.48. The van der Waals surface area contributed by atoms with Crippen molar-refractivity contribution in [3.8, 4) is 0 Å². The lowest BCUT2D eigenvalue weighted by Crippen LogP contribution is -2.25. The van der Waals surface area contributed by atoms with Crippen LogP contribution in [0.5, 0.6) is 0 Å². The molecule has 3 unspecified atom stereocenters. The van der Waals surface area contributed by atoms with E-state index < -0.39 is 0 Å². The largest absolute Gasteiger partial charge is 0.296 e. The lowest BCUT2D eigenvalue weighted by Gasteiger charge is -2.18. The molecule has 13 heavy (non-hydrogen) atoms. The normalized spacial score (nSPS) is 41.7. The van der Waals surface area contributed by atoms with Crippen LogP contribution in [0.1, 0.15) is 26.2 Å². The summed E-state index contributed by atoms with van der Waals surface area (Å²) in [5, 5.41) is 6.66. The van der Waals surface area contributed by atoms with Gasteiger partial charge in [-0.25, -0.2) is 0 Å². The first-order chi connectivity index (χ1) is 6.27. The van der Waals surface area contributed by atoms with Gasteiger partial charge in [0, 0.05) is 25.1 Å². The third-order valence-electron chi connectivity index (χ3n) is 3.72. The zero-order valence-electron chi connectivity index (χ0n) is 8.33. The molecule has 1 saturated carbocycles. The van der Waals surface area contributed by atoms with E-state index in [1.165, 1.54) is 25.0 Å². The van der Waals surface area contributed by atoms with Gasteiger partial charge >= 0.3 is 0 Å². The van der Waals surface area contributed by atoms with E-state index >= 15 is 0 Å². The predicted octanol–water partition coefficient (Wildman–Crippen LogP) is 2.03. The van der Waals surface area contributed by atoms with Crippen LogP contribution in [0.3, 0.4) is 0 Å². The summed E-state index contributed by atoms with van der Waals surface area (Å²) in [7, 11) is 2.12. The molecule has 0 aromatic rings. The second-order valence-electron chi connectivity index (χ2n) is 4.59. The summed E-state index contributed by atoms with van der Waals surface area (Å²) in [5.74, 6) is 1.80. The zero-order chi connectivity index (χ0) is 9.00. The highest BCUT2D eigenvalue weighted by molar-refractivity contribution is 5.83. The highest BCUT2D eigenvalue weighted by atomic mass is 15.5. The van der Waals surface area contributed by atoms with Crippen molar-refractivity contribution in [1.29, 1.82) is 0 Å². The molecule has 0 amide bonds. The van der Waals surface area contributed by atoms with E-state index in [-0.39, 0.29) is 0 Å². The van der Waals surface area contributed by atoms with E-state index in [0.717, 1.165) is 11.8 Å². The Labute approximate surface area is 79.3 Å². The molecule has 2 aliphatic carbocycles. The molecule has 0 aromatic carbocycles. The molecule has 0 saturated heterocycles. The number of fused-ring (bicyclic) bond motifs is 1. The number of hydrogen-bond donors (Lipinski definition) is 0. The van der Waals surface area contributed by atoms with Gasteiger partial charge in [-0.3, -0.25) is 5.01 Å². The van der Waals surface area contributed by atoms with Crippen LogP contribution in [-0.4, -0.2) is 23.8 Å². The summed E-state index contributed by atoms with van der Waals surface area (Å²) >= 11 is 0. The molecule has 0 aromatic heterocycles. The van der Waals surface area contributed by atoms with Crippen molar-refractivity contribution < 1.29 is 0 Å². The van der Waals surface area contributed by atoms with Gasteiger partial charge < -0.3 is 0 Å². The Hall–Kier alpha value is -0.790. The topological polar surface area (TPSA) is 15.6 Å². The van der Waals surface area contributed by atoms with Crippen LogP contribution in [0.25, 0.3) is 0 Å². The Morgan fingerprint density at radius 3 is 2.92 bits per heavy atom. The lowest BCUT2D eigenvalue weighted by atomic mass is 10.0. The third kappa shape index (κ3) is 0.976. The Morgan fingerprint density at radius 1 is 1.54 bits per heavy atom. The van der Waals surface area contributed by atoms with E-state index in [1.54, 1.807) is 5.57 Å². The van der Waals surface area contributed by atoms with Crippen LogP contribution in [0.4, 0.5) is 0 Å². The number of rotatable bonds is 1. The van der Waals surface area contributed by atoms with E-state index in [1.807, 2.05) is 0 Å². The quantitative estimate of drug-likeness (QED) is 0.558. The van der Waals surface area contributed by atoms with Gasteiger partial charge in [-0.2, -0.15) is 5.10 Å². The maximum Gasteiger partial charge on any atom is 0.0591 e. The molecular weight excluding hydrogens is 160 g/mol. The van der Waals surface area contributed by atoms with E-state index in [0.29, 0.717) is 6.04 Å². The molecule has 0 bridgehead atoms. The smallest absolute Gasteiger partial charge is 0.0591 e. The molecule has 1 heterocycles. The Morgan fingerprint density at radius 2 is 2.38 bits per heavy atom. The molecular formula is C11H16N2. The minimum atomic E-state index is 0.691. The van der Waals surface area contributed by atoms with E-state index in [9.17, 15) is 0 Å². The summed E-state index contributed by atoms with van der Waals surface area (Å²) in [6, 6.07) is 0.691. The summed E-state index contributed by atoms with van der Waals surface area (Å²) < 4.78 is 0. The van der Waals surface area contributed by atoms with Gasteiger partial charge in [0.15, 0.2) is 0 Å². The molecule has 2 nitrogen and oxygen atoms in total. The van der Waals surface area contributed by atoms with Crippen LogP contribution < -0.4 is 0 Å². The van der Waals surface area contributed by atoms with Crippen molar-refractivity contribution >= 4 is 5.71 Å². The molecule has 3 aliphatic rings. The van der Waals surface area contributed by atoms with Crippen LogP contribution in [-0.2, 0) is 0 Å². The van der Waals surface area contributed by atoms with Gasteiger partial charge in [-0.15, -0.1) is 0 Å². The molecule has 70 valence electrons. The Kier molecular flexibility index (Phi) is 1.38. The molecule has 2 heteroatoms. The number of nitrogens with zero attached hydrogens (tertiary/aromatic N) is 2. The van der Waals surface area contributed by atoms with Crippen molar-refractivity contribution in [1.82, 2.24) is 5.01 Å². The van der Waals surface area contributed by atoms with E-state index in [4.69, 9.17) is 0 Å². The van der Waals surface area contributed by atoms with Crippen LogP contribution in [0.15, 0.2) is 16.8 Å². The van der Waals surface area contributed by atoms with E-state index in [2.05, 4.69) is 30.2 Å². The highest BCUT2D eigenvalue weighted by Gasteiger charge is 2.52. The highest BCUT2D eigenvalue weighted by Crippen LogP contribution is 2.57. The monoisotopic (exact) mass is 176 g/mol. The van der Waals surface area contributed by atoms with Crippen molar-refractivity contribution in [2.75, 3.05) is 7.05 Å². The summed E-state index contributed by atoms with van der Waals surface area (Å²) in [5.41, 5.74) is 3.04. The van der Waals surface area contributed by atoms with Gasteiger partial charge in [0.05, 0.1) is 6.04 Å². The number of allylic oxidation sites excluding steroid dienone is 1. The molecule has 1 fully saturated rings. The summed E-state index contributed by atoms with van der Waals surface area (Å²) in [6.45, 7) is 2.14. The second kappa shape index (κ2) is 2.37. The van der Waals surface area contributed by atoms with Crippen molar-refractivity contribution in [3.05, 3.63) is 11.6 Å². The molecule has 0 radical (unpaired) electrons. The van der Waals surface area contributed by atoms with Gasteiger partial charge in [-0.05, 0) is 25.7 Å². The number of hydrazone groups is 1. The molecule has 3 atom stereocenters. The zero-order valence-corrected chi connectivity index (χ0v) is 8.33. The second-order valence-corrected chi connectivity index (χ2v) is 4.59.